The summed E-state index contributed by atoms with van der Waals surface area (Å²) in [4.78, 5) is 51.8. The Kier molecular flexibility index (Phi) is 9.05. The van der Waals surface area contributed by atoms with Crippen molar-refractivity contribution in [2.45, 2.75) is 76.9 Å². The first kappa shape index (κ1) is 35.2. The van der Waals surface area contributed by atoms with Crippen molar-refractivity contribution in [1.82, 2.24) is 45.3 Å². The summed E-state index contributed by atoms with van der Waals surface area (Å²) in [5, 5.41) is 28.2. The summed E-state index contributed by atoms with van der Waals surface area (Å²) in [5.74, 6) is -1.84. The molecule has 4 aromatic rings. The number of hydrogen-bond donors (Lipinski definition) is 3. The normalized spacial score (nSPS) is 19.6. The molecule has 1 unspecified atom stereocenters. The number of aliphatic imine (C=N–C) groups is 1. The number of alkyl halides is 2. The number of carboxylic acid groups (broad SMARTS) is 1. The third-order valence-electron chi connectivity index (χ3n) is 9.22. The molecule has 0 bridgehead atoms. The Balaban J connectivity index is 1.32. The van der Waals surface area contributed by atoms with Crippen molar-refractivity contribution in [2.24, 2.45) is 16.3 Å². The highest BCUT2D eigenvalue weighted by Gasteiger charge is 2.54. The maximum Gasteiger partial charge on any atom is 0.411 e. The highest BCUT2D eigenvalue weighted by molar-refractivity contribution is 6.32. The van der Waals surface area contributed by atoms with Crippen molar-refractivity contribution < 1.29 is 28.3 Å². The second kappa shape index (κ2) is 13.4. The van der Waals surface area contributed by atoms with Gasteiger partial charge in [-0.05, 0) is 60.8 Å². The predicted octanol–water partition coefficient (Wildman–Crippen LogP) is 5.82. The average molecular weight is 735 g/mol. The SMILES string of the molecule is CC(C)(C)CC1(c2ccc(-c3cnn(C4CC4)n3)cc2)N=C(NC(=O)O)N([C@H](CNC(=O)C2CC2)c2ccc(Cl)c(-n3ncnc3C(F)F)c2)C1=O. The molecule has 2 aromatic heterocycles. The van der Waals surface area contributed by atoms with E-state index in [1.54, 1.807) is 29.2 Å². The molecule has 0 spiro atoms. The minimum absolute atomic E-state index is 0.0528. The molecule has 272 valence electrons. The van der Waals surface area contributed by atoms with Gasteiger partial charge in [0.1, 0.15) is 12.0 Å². The number of benzene rings is 2. The van der Waals surface area contributed by atoms with Crippen LogP contribution < -0.4 is 10.6 Å². The smallest absolute Gasteiger partial charge is 0.411 e. The molecule has 3 amide bonds. The standard InChI is InChI=1S/C35H37ClF2N10O4/c1-34(2,3)17-35(22-9-6-19(7-10-22)25-15-41-48(45-25)23-11-12-23)31(50)46(32(44-35)43-33(51)52)27(16-39-30(49)20-4-5-20)21-8-13-24(36)26(14-21)47-29(28(37)38)40-18-42-47/h6-10,13-15,18,20,23,27-28H,4-5,11-12,16-17H2,1-3H3,(H,39,49)(H,43,44)(H,51,52)/t27-,35?/m1/s1. The van der Waals surface area contributed by atoms with Crippen molar-refractivity contribution >= 4 is 35.5 Å². The molecule has 7 rings (SSSR count). The van der Waals surface area contributed by atoms with Crippen LogP contribution in [0.2, 0.25) is 5.02 Å². The zero-order chi connectivity index (χ0) is 36.9. The average Bonchev–Trinajstić information content (AvgIpc) is 4.00. The number of rotatable bonds is 11. The van der Waals surface area contributed by atoms with Crippen LogP contribution in [-0.4, -0.2) is 70.2 Å². The van der Waals surface area contributed by atoms with Gasteiger partial charge in [-0.15, -0.1) is 0 Å². The predicted molar refractivity (Wildman–Crippen MR) is 185 cm³/mol. The maximum absolute atomic E-state index is 15.2. The Morgan fingerprint density at radius 2 is 1.81 bits per heavy atom. The zero-order valence-corrected chi connectivity index (χ0v) is 29.4. The lowest BCUT2D eigenvalue weighted by atomic mass is 9.75. The van der Waals surface area contributed by atoms with E-state index in [0.717, 1.165) is 42.3 Å². The molecule has 0 saturated heterocycles. The van der Waals surface area contributed by atoms with E-state index in [1.165, 1.54) is 17.0 Å². The molecule has 1 aliphatic heterocycles. The second-order valence-electron chi connectivity index (χ2n) is 14.6. The summed E-state index contributed by atoms with van der Waals surface area (Å²) < 4.78 is 28.7. The van der Waals surface area contributed by atoms with Crippen LogP contribution in [0.1, 0.15) is 88.3 Å². The Labute approximate surface area is 302 Å². The Morgan fingerprint density at radius 1 is 1.08 bits per heavy atom. The molecular formula is C35H37ClF2N10O4. The summed E-state index contributed by atoms with van der Waals surface area (Å²) >= 11 is 6.50. The lowest BCUT2D eigenvalue weighted by Crippen LogP contribution is -2.51. The summed E-state index contributed by atoms with van der Waals surface area (Å²) in [6, 6.07) is 11.0. The van der Waals surface area contributed by atoms with E-state index in [0.29, 0.717) is 22.9 Å². The molecule has 2 atom stereocenters. The van der Waals surface area contributed by atoms with Crippen LogP contribution in [0.25, 0.3) is 16.9 Å². The highest BCUT2D eigenvalue weighted by Crippen LogP contribution is 2.46. The first-order valence-electron chi connectivity index (χ1n) is 17.0. The van der Waals surface area contributed by atoms with Crippen LogP contribution in [-0.2, 0) is 15.1 Å². The van der Waals surface area contributed by atoms with Crippen LogP contribution >= 0.6 is 11.6 Å². The summed E-state index contributed by atoms with van der Waals surface area (Å²) in [6.45, 7) is 5.70. The molecule has 3 heterocycles. The van der Waals surface area contributed by atoms with Crippen LogP contribution in [0.3, 0.4) is 0 Å². The molecule has 2 saturated carbocycles. The van der Waals surface area contributed by atoms with Gasteiger partial charge in [0, 0.05) is 18.0 Å². The number of carbonyl (C=O) groups excluding carboxylic acids is 2. The topological polar surface area (TPSA) is 173 Å². The lowest BCUT2D eigenvalue weighted by Gasteiger charge is -2.35. The summed E-state index contributed by atoms with van der Waals surface area (Å²) in [6.07, 6.45) is 1.94. The Hall–Kier alpha value is -5.25. The molecule has 3 N–H and O–H groups in total. The minimum atomic E-state index is -2.97. The Bertz CT molecular complexity index is 2050. The number of carbonyl (C=O) groups is 3. The van der Waals surface area contributed by atoms with Crippen molar-refractivity contribution in [3.05, 3.63) is 77.0 Å². The third kappa shape index (κ3) is 6.98. The van der Waals surface area contributed by atoms with Gasteiger partial charge in [0.15, 0.2) is 11.4 Å². The molecule has 3 aliphatic rings. The van der Waals surface area contributed by atoms with E-state index in [9.17, 15) is 23.5 Å². The third-order valence-corrected chi connectivity index (χ3v) is 9.54. The van der Waals surface area contributed by atoms with E-state index in [4.69, 9.17) is 16.6 Å². The van der Waals surface area contributed by atoms with Crippen molar-refractivity contribution in [1.29, 1.82) is 0 Å². The molecule has 17 heteroatoms. The fourth-order valence-corrected chi connectivity index (χ4v) is 6.76. The van der Waals surface area contributed by atoms with E-state index in [-0.39, 0.29) is 41.5 Å². The van der Waals surface area contributed by atoms with Crippen LogP contribution in [0.5, 0.6) is 0 Å². The van der Waals surface area contributed by atoms with Crippen molar-refractivity contribution in [3.63, 3.8) is 0 Å². The van der Waals surface area contributed by atoms with Gasteiger partial charge in [-0.1, -0.05) is 62.7 Å². The summed E-state index contributed by atoms with van der Waals surface area (Å²) in [5.41, 5.74) is 0.283. The van der Waals surface area contributed by atoms with Gasteiger partial charge in [-0.3, -0.25) is 19.8 Å². The lowest BCUT2D eigenvalue weighted by molar-refractivity contribution is -0.135. The second-order valence-corrected chi connectivity index (χ2v) is 15.0. The van der Waals surface area contributed by atoms with Gasteiger partial charge in [0.2, 0.25) is 11.9 Å². The first-order valence-corrected chi connectivity index (χ1v) is 17.3. The molecule has 2 fully saturated rings. The molecule has 52 heavy (non-hydrogen) atoms. The fourth-order valence-electron chi connectivity index (χ4n) is 6.56. The molecule has 2 aliphatic carbocycles. The number of aromatic nitrogens is 6. The van der Waals surface area contributed by atoms with Crippen molar-refractivity contribution in [3.8, 4) is 16.9 Å². The quantitative estimate of drug-likeness (QED) is 0.173. The van der Waals surface area contributed by atoms with Gasteiger partial charge < -0.3 is 10.4 Å². The van der Waals surface area contributed by atoms with Crippen molar-refractivity contribution in [2.75, 3.05) is 6.54 Å². The number of nitrogens with zero attached hydrogens (tertiary/aromatic N) is 8. The number of amides is 3. The number of halogens is 3. The number of nitrogens with one attached hydrogen (secondary N) is 2. The van der Waals surface area contributed by atoms with Gasteiger partial charge in [-0.2, -0.15) is 20.1 Å². The maximum atomic E-state index is 15.2. The fraction of sp³-hybridized carbons (Fsp3) is 0.429. The molecule has 14 nitrogen and oxygen atoms in total. The summed E-state index contributed by atoms with van der Waals surface area (Å²) in [7, 11) is 0. The molecular weight excluding hydrogens is 698 g/mol. The number of guanidine groups is 1. The molecule has 0 radical (unpaired) electrons. The molecule has 2 aromatic carbocycles. The van der Waals surface area contributed by atoms with Crippen LogP contribution in [0, 0.1) is 11.3 Å². The first-order chi connectivity index (χ1) is 24.7. The van der Waals surface area contributed by atoms with E-state index in [1.807, 2.05) is 32.9 Å². The largest absolute Gasteiger partial charge is 0.465 e. The van der Waals surface area contributed by atoms with Gasteiger partial charge in [0.05, 0.1) is 29.0 Å². The van der Waals surface area contributed by atoms with Gasteiger partial charge in [-0.25, -0.2) is 28.2 Å². The monoisotopic (exact) mass is 734 g/mol. The van der Waals surface area contributed by atoms with Gasteiger partial charge in [0.25, 0.3) is 12.3 Å². The Morgan fingerprint density at radius 3 is 2.44 bits per heavy atom. The highest BCUT2D eigenvalue weighted by atomic mass is 35.5. The van der Waals surface area contributed by atoms with Gasteiger partial charge >= 0.3 is 6.09 Å². The van der Waals surface area contributed by atoms with Crippen LogP contribution in [0.15, 0.2) is 60.0 Å². The number of hydrogen-bond acceptors (Lipinski definition) is 8. The van der Waals surface area contributed by atoms with Crippen LogP contribution in [0.4, 0.5) is 13.6 Å². The van der Waals surface area contributed by atoms with E-state index in [2.05, 4.69) is 30.9 Å². The zero-order valence-electron chi connectivity index (χ0n) is 28.6. The minimum Gasteiger partial charge on any atom is -0.465 e. The van der Waals surface area contributed by atoms with E-state index < -0.39 is 41.2 Å². The van der Waals surface area contributed by atoms with E-state index >= 15 is 4.79 Å².